The van der Waals surface area contributed by atoms with E-state index in [-0.39, 0.29) is 36.9 Å². The topological polar surface area (TPSA) is 76.4 Å². The molecule has 150 valence electrons. The molecule has 26 heavy (non-hydrogen) atoms. The predicted molar refractivity (Wildman–Crippen MR) is 102 cm³/mol. The Morgan fingerprint density at radius 1 is 0.885 bits per heavy atom. The third-order valence-electron chi connectivity index (χ3n) is 5.16. The molecule has 0 aromatic carbocycles. The molecule has 5 nitrogen and oxygen atoms in total. The number of hydrogen-bond donors (Lipinski definition) is 0. The number of carbonyl (C=O) groups is 2. The number of nitrogens with zero attached hydrogens (tertiary/aromatic N) is 1. The van der Waals surface area contributed by atoms with Crippen LogP contribution in [0.5, 0.6) is 0 Å². The average Bonchev–Trinajstić information content (AvgIpc) is 2.60. The Bertz CT molecular complexity index is 483. The summed E-state index contributed by atoms with van der Waals surface area (Å²) in [6.07, 6.45) is 1.33. The molecule has 3 atom stereocenters. The summed E-state index contributed by atoms with van der Waals surface area (Å²) >= 11 is 0. The van der Waals surface area contributed by atoms with Crippen LogP contribution in [0.1, 0.15) is 68.2 Å². The van der Waals surface area contributed by atoms with Gasteiger partial charge in [-0.05, 0) is 23.7 Å². The van der Waals surface area contributed by atoms with Crippen molar-refractivity contribution in [1.29, 1.82) is 5.26 Å². The van der Waals surface area contributed by atoms with Crippen LogP contribution in [0.15, 0.2) is 0 Å². The lowest BCUT2D eigenvalue weighted by atomic mass is 9.59. The van der Waals surface area contributed by atoms with Gasteiger partial charge in [-0.3, -0.25) is 9.59 Å². The molecular weight excluding hydrogens is 330 g/mol. The van der Waals surface area contributed by atoms with Gasteiger partial charge in [-0.1, -0.05) is 68.2 Å². The van der Waals surface area contributed by atoms with Crippen molar-refractivity contribution in [1.82, 2.24) is 0 Å². The summed E-state index contributed by atoms with van der Waals surface area (Å²) in [4.78, 5) is 26.0. The van der Waals surface area contributed by atoms with E-state index in [0.717, 1.165) is 0 Å². The smallest absolute Gasteiger partial charge is 0.324 e. The number of nitriles is 1. The number of carbonyl (C=O) groups excluding carboxylic acids is 2. The Hall–Kier alpha value is -1.57. The molecule has 0 spiro atoms. The van der Waals surface area contributed by atoms with Gasteiger partial charge in [0.15, 0.2) is 5.92 Å². The van der Waals surface area contributed by atoms with Crippen LogP contribution in [0.2, 0.25) is 0 Å². The van der Waals surface area contributed by atoms with Crippen LogP contribution < -0.4 is 0 Å². The molecular formula is C21H37NO4. The van der Waals surface area contributed by atoms with Crippen LogP contribution in [-0.4, -0.2) is 25.2 Å². The first-order valence-electron chi connectivity index (χ1n) is 9.82. The lowest BCUT2D eigenvalue weighted by Gasteiger charge is -2.43. The molecule has 0 aliphatic carbocycles. The maximum atomic E-state index is 13.2. The maximum absolute atomic E-state index is 13.2. The average molecular weight is 368 g/mol. The summed E-state index contributed by atoms with van der Waals surface area (Å²) in [6, 6.07) is 2.09. The van der Waals surface area contributed by atoms with Crippen LogP contribution >= 0.6 is 0 Å². The largest absolute Gasteiger partial charge is 0.465 e. The highest BCUT2D eigenvalue weighted by Crippen LogP contribution is 2.47. The predicted octanol–water partition coefficient (Wildman–Crippen LogP) is 4.60. The van der Waals surface area contributed by atoms with Gasteiger partial charge in [0.2, 0.25) is 0 Å². The molecule has 0 aromatic rings. The van der Waals surface area contributed by atoms with Crippen LogP contribution in [0.25, 0.3) is 0 Å². The molecule has 0 bridgehead atoms. The number of ether oxygens (including phenoxy) is 2. The Kier molecular flexibility index (Phi) is 10.5. The fourth-order valence-electron chi connectivity index (χ4n) is 3.30. The lowest BCUT2D eigenvalue weighted by molar-refractivity contribution is -0.178. The second-order valence-corrected chi connectivity index (χ2v) is 8.13. The molecule has 5 heteroatoms. The molecule has 3 unspecified atom stereocenters. The van der Waals surface area contributed by atoms with Crippen molar-refractivity contribution in [3.63, 3.8) is 0 Å². The highest BCUT2D eigenvalue weighted by Gasteiger charge is 2.57. The van der Waals surface area contributed by atoms with E-state index in [1.54, 1.807) is 0 Å². The molecule has 0 aliphatic rings. The Balaban J connectivity index is 6.09. The number of rotatable bonds is 11. The summed E-state index contributed by atoms with van der Waals surface area (Å²) < 4.78 is 10.9. The molecule has 0 rings (SSSR count). The van der Waals surface area contributed by atoms with Crippen molar-refractivity contribution in [2.75, 3.05) is 13.2 Å². The lowest BCUT2D eigenvalue weighted by Crippen LogP contribution is -2.52. The van der Waals surface area contributed by atoms with Crippen LogP contribution in [0, 0.1) is 46.3 Å². The van der Waals surface area contributed by atoms with E-state index in [2.05, 4.69) is 6.07 Å². The van der Waals surface area contributed by atoms with Crippen LogP contribution in [-0.2, 0) is 19.1 Å². The van der Waals surface area contributed by atoms with Crippen molar-refractivity contribution >= 4 is 11.9 Å². The first-order valence-corrected chi connectivity index (χ1v) is 9.82. The van der Waals surface area contributed by atoms with Gasteiger partial charge in [0.05, 0.1) is 24.7 Å². The van der Waals surface area contributed by atoms with Gasteiger partial charge in [-0.2, -0.15) is 5.26 Å². The normalized spacial score (nSPS) is 17.1. The second-order valence-electron chi connectivity index (χ2n) is 8.13. The Morgan fingerprint density at radius 2 is 1.31 bits per heavy atom. The van der Waals surface area contributed by atoms with Gasteiger partial charge in [0, 0.05) is 0 Å². The van der Waals surface area contributed by atoms with Gasteiger partial charge in [-0.25, -0.2) is 0 Å². The summed E-state index contributed by atoms with van der Waals surface area (Å²) in [6.45, 7) is 16.1. The molecule has 0 aromatic heterocycles. The number of esters is 2. The summed E-state index contributed by atoms with van der Waals surface area (Å²) in [7, 11) is 0. The van der Waals surface area contributed by atoms with Gasteiger partial charge < -0.3 is 9.47 Å². The van der Waals surface area contributed by atoms with E-state index in [0.29, 0.717) is 12.8 Å². The van der Waals surface area contributed by atoms with E-state index in [9.17, 15) is 14.9 Å². The molecule has 0 heterocycles. The minimum atomic E-state index is -1.21. The Labute approximate surface area is 159 Å². The van der Waals surface area contributed by atoms with E-state index in [1.165, 1.54) is 0 Å². The molecule has 0 amide bonds. The van der Waals surface area contributed by atoms with E-state index >= 15 is 0 Å². The minimum Gasteiger partial charge on any atom is -0.465 e. The molecule has 0 N–H and O–H groups in total. The van der Waals surface area contributed by atoms with Crippen LogP contribution in [0.4, 0.5) is 0 Å². The molecule has 0 fully saturated rings. The zero-order chi connectivity index (χ0) is 20.5. The molecule has 0 radical (unpaired) electrons. The number of hydrogen-bond acceptors (Lipinski definition) is 5. The zero-order valence-corrected chi connectivity index (χ0v) is 17.8. The molecule has 0 saturated carbocycles. The van der Waals surface area contributed by atoms with E-state index in [1.807, 2.05) is 55.4 Å². The summed E-state index contributed by atoms with van der Waals surface area (Å²) in [5.41, 5.74) is -1.21. The summed E-state index contributed by atoms with van der Waals surface area (Å²) in [5, 5.41) is 9.85. The summed E-state index contributed by atoms with van der Waals surface area (Å²) in [5.74, 6) is -2.29. The third kappa shape index (κ3) is 5.72. The van der Waals surface area contributed by atoms with Gasteiger partial charge in [-0.15, -0.1) is 0 Å². The van der Waals surface area contributed by atoms with Crippen molar-refractivity contribution in [2.45, 2.75) is 68.2 Å². The standard InChI is InChI=1S/C21H37NO4/c1-9-16(7)21(17(8)10-2,20(24)26-13-15(5)6)18(11-22)19(23)25-12-14(3)4/h14-18H,9-10,12-13H2,1-8H3. The van der Waals surface area contributed by atoms with Gasteiger partial charge in [0.25, 0.3) is 0 Å². The zero-order valence-electron chi connectivity index (χ0n) is 17.8. The quantitative estimate of drug-likeness (QED) is 0.499. The molecule has 0 saturated heterocycles. The van der Waals surface area contributed by atoms with E-state index < -0.39 is 23.3 Å². The highest BCUT2D eigenvalue weighted by molar-refractivity contribution is 5.88. The fourth-order valence-corrected chi connectivity index (χ4v) is 3.30. The second kappa shape index (κ2) is 11.2. The monoisotopic (exact) mass is 367 g/mol. The highest BCUT2D eigenvalue weighted by atomic mass is 16.5. The molecule has 0 aliphatic heterocycles. The SMILES string of the molecule is CCC(C)C(C(=O)OCC(C)C)(C(C)CC)C(C#N)C(=O)OCC(C)C. The maximum Gasteiger partial charge on any atom is 0.324 e. The van der Waals surface area contributed by atoms with Crippen molar-refractivity contribution in [2.24, 2.45) is 35.0 Å². The fraction of sp³-hybridized carbons (Fsp3) is 0.857. The third-order valence-corrected chi connectivity index (χ3v) is 5.16. The first-order chi connectivity index (χ1) is 12.1. The Morgan fingerprint density at radius 3 is 1.65 bits per heavy atom. The van der Waals surface area contributed by atoms with Gasteiger partial charge in [0.1, 0.15) is 0 Å². The first kappa shape index (κ1) is 24.4. The van der Waals surface area contributed by atoms with E-state index in [4.69, 9.17) is 9.47 Å². The minimum absolute atomic E-state index is 0.160. The van der Waals surface area contributed by atoms with Crippen molar-refractivity contribution in [3.8, 4) is 6.07 Å². The van der Waals surface area contributed by atoms with Crippen LogP contribution in [0.3, 0.4) is 0 Å². The van der Waals surface area contributed by atoms with Crippen molar-refractivity contribution in [3.05, 3.63) is 0 Å². The van der Waals surface area contributed by atoms with Gasteiger partial charge >= 0.3 is 11.9 Å². The van der Waals surface area contributed by atoms with Crippen molar-refractivity contribution < 1.29 is 19.1 Å².